The van der Waals surface area contributed by atoms with Gasteiger partial charge in [-0.1, -0.05) is 41.5 Å². The molecule has 27 heavy (non-hydrogen) atoms. The molecule has 1 aliphatic heterocycles. The van der Waals surface area contributed by atoms with Gasteiger partial charge in [-0.25, -0.2) is 0 Å². The van der Waals surface area contributed by atoms with Gasteiger partial charge in [-0.15, -0.1) is 0 Å². The fourth-order valence-electron chi connectivity index (χ4n) is 3.15. The van der Waals surface area contributed by atoms with E-state index in [4.69, 9.17) is 18.3 Å². The van der Waals surface area contributed by atoms with Crippen LogP contribution in [-0.2, 0) is 18.3 Å². The summed E-state index contributed by atoms with van der Waals surface area (Å²) in [5.74, 6) is 0. The van der Waals surface area contributed by atoms with Crippen molar-refractivity contribution >= 4 is 16.6 Å². The van der Waals surface area contributed by atoms with Crippen molar-refractivity contribution in [2.75, 3.05) is 13.7 Å². The first-order valence-electron chi connectivity index (χ1n) is 10.2. The van der Waals surface area contributed by atoms with Gasteiger partial charge in [-0.2, -0.15) is 0 Å². The van der Waals surface area contributed by atoms with Crippen LogP contribution in [0.3, 0.4) is 0 Å². The summed E-state index contributed by atoms with van der Waals surface area (Å²) in [6.45, 7) is 17.4. The van der Waals surface area contributed by atoms with Crippen molar-refractivity contribution in [2.24, 2.45) is 0 Å². The molecule has 0 bridgehead atoms. The fraction of sp³-hybridized carbons (Fsp3) is 1.00. The largest absolute Gasteiger partial charge is 0.414 e. The second kappa shape index (κ2) is 9.80. The highest BCUT2D eigenvalue weighted by atomic mass is 28.4. The van der Waals surface area contributed by atoms with Gasteiger partial charge in [0.1, 0.15) is 24.4 Å². The maximum Gasteiger partial charge on any atom is 0.192 e. The average molecular weight is 423 g/mol. The lowest BCUT2D eigenvalue weighted by molar-refractivity contribution is -0.289. The monoisotopic (exact) mass is 422 g/mol. The second-order valence-corrected chi connectivity index (χ2v) is 18.7. The number of hydrogen-bond donors (Lipinski definition) is 2. The zero-order chi connectivity index (χ0) is 21.0. The van der Waals surface area contributed by atoms with Gasteiger partial charge < -0.3 is 28.5 Å². The van der Waals surface area contributed by atoms with E-state index in [-0.39, 0.29) is 11.6 Å². The van der Waals surface area contributed by atoms with Gasteiger partial charge in [0, 0.05) is 7.11 Å². The summed E-state index contributed by atoms with van der Waals surface area (Å²) in [5.41, 5.74) is 0. The first kappa shape index (κ1) is 25.2. The number of hydrogen-bond acceptors (Lipinski definition) is 6. The molecule has 0 aromatic carbocycles. The minimum Gasteiger partial charge on any atom is -0.414 e. The SMILES string of the molecule is CC[Si](CC)(CC)O[C@H]1[C@@H](OC)O[C@H](CO[Si](C)(C)C(C)(C)C)[C@H](O)[C@@H]1O. The Bertz CT molecular complexity index is 438. The van der Waals surface area contributed by atoms with E-state index in [1.54, 1.807) is 7.11 Å². The third-order valence-electron chi connectivity index (χ3n) is 6.61. The highest BCUT2D eigenvalue weighted by Gasteiger charge is 2.49. The number of ether oxygens (including phenoxy) is 2. The molecule has 6 nitrogen and oxygen atoms in total. The zero-order valence-electron chi connectivity index (χ0n) is 18.7. The molecule has 0 aromatic rings. The van der Waals surface area contributed by atoms with Gasteiger partial charge in [0.25, 0.3) is 0 Å². The van der Waals surface area contributed by atoms with Gasteiger partial charge in [-0.05, 0) is 36.3 Å². The highest BCUT2D eigenvalue weighted by molar-refractivity contribution is 6.74. The summed E-state index contributed by atoms with van der Waals surface area (Å²) in [4.78, 5) is 0. The van der Waals surface area contributed by atoms with Crippen molar-refractivity contribution in [1.29, 1.82) is 0 Å². The normalized spacial score (nSPS) is 30.6. The topological polar surface area (TPSA) is 77.4 Å². The second-order valence-electron chi connectivity index (χ2n) is 9.16. The minimum absolute atomic E-state index is 0.0616. The van der Waals surface area contributed by atoms with Crippen molar-refractivity contribution in [3.05, 3.63) is 0 Å². The molecule has 0 aromatic heterocycles. The molecule has 162 valence electrons. The van der Waals surface area contributed by atoms with E-state index in [1.807, 2.05) is 0 Å². The van der Waals surface area contributed by atoms with Crippen LogP contribution in [0.15, 0.2) is 0 Å². The predicted octanol–water partition coefficient (Wildman–Crippen LogP) is 3.49. The molecule has 0 spiro atoms. The molecular formula is C19H42O6Si2. The Morgan fingerprint density at radius 2 is 1.48 bits per heavy atom. The van der Waals surface area contributed by atoms with E-state index in [9.17, 15) is 10.2 Å². The van der Waals surface area contributed by atoms with Crippen LogP contribution in [0.25, 0.3) is 0 Å². The average Bonchev–Trinajstić information content (AvgIpc) is 2.61. The molecule has 1 fully saturated rings. The molecule has 1 heterocycles. The summed E-state index contributed by atoms with van der Waals surface area (Å²) in [6, 6.07) is 2.86. The van der Waals surface area contributed by atoms with Gasteiger partial charge >= 0.3 is 0 Å². The number of methoxy groups -OCH3 is 1. The zero-order valence-corrected chi connectivity index (χ0v) is 20.7. The smallest absolute Gasteiger partial charge is 0.192 e. The first-order valence-corrected chi connectivity index (χ1v) is 15.7. The third-order valence-corrected chi connectivity index (χ3v) is 15.7. The molecular weight excluding hydrogens is 380 g/mol. The van der Waals surface area contributed by atoms with Gasteiger partial charge in [0.15, 0.2) is 22.9 Å². The molecule has 0 radical (unpaired) electrons. The van der Waals surface area contributed by atoms with Crippen LogP contribution in [0, 0.1) is 0 Å². The number of aliphatic hydroxyl groups is 2. The van der Waals surface area contributed by atoms with E-state index >= 15 is 0 Å². The Morgan fingerprint density at radius 3 is 1.89 bits per heavy atom. The third kappa shape index (κ3) is 5.85. The van der Waals surface area contributed by atoms with Gasteiger partial charge in [-0.3, -0.25) is 0 Å². The minimum atomic E-state index is -1.99. The highest BCUT2D eigenvalue weighted by Crippen LogP contribution is 2.37. The Hall–Kier alpha value is 0.194. The van der Waals surface area contributed by atoms with Crippen LogP contribution in [0.5, 0.6) is 0 Å². The molecule has 0 unspecified atom stereocenters. The molecule has 0 aliphatic carbocycles. The van der Waals surface area contributed by atoms with E-state index < -0.39 is 47.3 Å². The molecule has 0 saturated carbocycles. The molecule has 1 saturated heterocycles. The molecule has 1 aliphatic rings. The molecule has 8 heteroatoms. The summed E-state index contributed by atoms with van der Waals surface area (Å²) in [6.07, 6.45) is -4.16. The lowest BCUT2D eigenvalue weighted by Gasteiger charge is -2.46. The van der Waals surface area contributed by atoms with Gasteiger partial charge in [0.2, 0.25) is 0 Å². The quantitative estimate of drug-likeness (QED) is 0.554. The van der Waals surface area contributed by atoms with Crippen LogP contribution in [0.2, 0.25) is 36.3 Å². The molecule has 0 amide bonds. The van der Waals surface area contributed by atoms with Gasteiger partial charge in [0.05, 0.1) is 6.61 Å². The standard InChI is InChI=1S/C19H42O6Si2/c1-10-27(11-2,12-3)25-17-16(21)15(20)14(24-18(17)22-7)13-23-26(8,9)19(4,5)6/h14-18,20-21H,10-13H2,1-9H3/t14-,15+,16+,17-,18+/m1/s1. The van der Waals surface area contributed by atoms with Crippen LogP contribution >= 0.6 is 0 Å². The molecule has 1 rings (SSSR count). The molecule has 5 atom stereocenters. The first-order chi connectivity index (χ1) is 12.4. The Labute approximate surface area is 167 Å². The molecule has 2 N–H and O–H groups in total. The van der Waals surface area contributed by atoms with E-state index in [0.29, 0.717) is 0 Å². The summed E-state index contributed by atoms with van der Waals surface area (Å²) in [5, 5.41) is 21.5. The van der Waals surface area contributed by atoms with Crippen molar-refractivity contribution in [2.45, 2.75) is 109 Å². The maximum absolute atomic E-state index is 10.8. The maximum atomic E-state index is 10.8. The summed E-state index contributed by atoms with van der Waals surface area (Å²) >= 11 is 0. The van der Waals surface area contributed by atoms with Crippen molar-refractivity contribution in [3.63, 3.8) is 0 Å². The van der Waals surface area contributed by atoms with Crippen LogP contribution < -0.4 is 0 Å². The van der Waals surface area contributed by atoms with Crippen LogP contribution in [0.1, 0.15) is 41.5 Å². The van der Waals surface area contributed by atoms with Crippen LogP contribution in [-0.4, -0.2) is 71.3 Å². The van der Waals surface area contributed by atoms with E-state index in [1.165, 1.54) is 0 Å². The summed E-state index contributed by atoms with van der Waals surface area (Å²) < 4.78 is 24.1. The van der Waals surface area contributed by atoms with E-state index in [0.717, 1.165) is 18.1 Å². The predicted molar refractivity (Wildman–Crippen MR) is 113 cm³/mol. The lowest BCUT2D eigenvalue weighted by Crippen LogP contribution is -2.63. The summed E-state index contributed by atoms with van der Waals surface area (Å²) in [7, 11) is -2.42. The van der Waals surface area contributed by atoms with Crippen molar-refractivity contribution < 1.29 is 28.5 Å². The lowest BCUT2D eigenvalue weighted by atomic mass is 9.99. The van der Waals surface area contributed by atoms with Crippen LogP contribution in [0.4, 0.5) is 0 Å². The fourth-order valence-corrected chi connectivity index (χ4v) is 7.00. The Morgan fingerprint density at radius 1 is 0.963 bits per heavy atom. The Balaban J connectivity index is 2.89. The number of aliphatic hydroxyl groups excluding tert-OH is 2. The van der Waals surface area contributed by atoms with Crippen molar-refractivity contribution in [3.8, 4) is 0 Å². The van der Waals surface area contributed by atoms with Crippen molar-refractivity contribution in [1.82, 2.24) is 0 Å². The Kier molecular flexibility index (Phi) is 9.16. The number of rotatable bonds is 9. The van der Waals surface area contributed by atoms with E-state index in [2.05, 4.69) is 54.6 Å².